The van der Waals surface area contributed by atoms with Gasteiger partial charge in [0.2, 0.25) is 5.91 Å². The van der Waals surface area contributed by atoms with Gasteiger partial charge < -0.3 is 25.4 Å². The van der Waals surface area contributed by atoms with Crippen LogP contribution in [0.3, 0.4) is 0 Å². The fraction of sp³-hybridized carbons (Fsp3) is 0.296. The number of anilines is 2. The zero-order chi connectivity index (χ0) is 23.5. The maximum absolute atomic E-state index is 12.6. The summed E-state index contributed by atoms with van der Waals surface area (Å²) in [6, 6.07) is 13.4. The number of nitrogens with one attached hydrogen (secondary N) is 3. The summed E-state index contributed by atoms with van der Waals surface area (Å²) in [7, 11) is 0. The second-order valence-electron chi connectivity index (χ2n) is 9.56. The Morgan fingerprint density at radius 3 is 2.91 bits per heavy atom. The summed E-state index contributed by atoms with van der Waals surface area (Å²) >= 11 is 0. The third-order valence-electron chi connectivity index (χ3n) is 7.31. The largest absolute Gasteiger partial charge is 0.487 e. The molecule has 1 saturated carbocycles. The molecule has 8 nitrogen and oxygen atoms in total. The Labute approximate surface area is 202 Å². The van der Waals surface area contributed by atoms with Crippen molar-refractivity contribution >= 4 is 23.4 Å². The van der Waals surface area contributed by atoms with E-state index in [-0.39, 0.29) is 30.0 Å². The number of nitrogens with zero attached hydrogens (tertiary/aromatic N) is 1. The molecule has 7 rings (SSSR count). The van der Waals surface area contributed by atoms with E-state index in [4.69, 9.17) is 9.47 Å². The van der Waals surface area contributed by atoms with Crippen molar-refractivity contribution in [1.82, 2.24) is 10.3 Å². The van der Waals surface area contributed by atoms with Crippen LogP contribution >= 0.6 is 0 Å². The summed E-state index contributed by atoms with van der Waals surface area (Å²) < 4.78 is 12.2. The first-order valence-electron chi connectivity index (χ1n) is 12.1. The molecule has 2 aliphatic carbocycles. The maximum Gasteiger partial charge on any atom is 0.319 e. The maximum atomic E-state index is 12.6. The summed E-state index contributed by atoms with van der Waals surface area (Å²) in [6.45, 7) is 0. The average Bonchev–Trinajstić information content (AvgIpc) is 3.18. The quantitative estimate of drug-likeness (QED) is 0.530. The second kappa shape index (κ2) is 7.73. The molecule has 0 unspecified atom stereocenters. The van der Waals surface area contributed by atoms with Crippen LogP contribution in [0, 0.1) is 0 Å². The zero-order valence-electron chi connectivity index (χ0n) is 19.0. The summed E-state index contributed by atoms with van der Waals surface area (Å²) in [5, 5.41) is 8.83. The molecule has 0 saturated heterocycles. The van der Waals surface area contributed by atoms with Crippen LogP contribution in [-0.2, 0) is 24.1 Å². The van der Waals surface area contributed by atoms with Gasteiger partial charge in [0.15, 0.2) is 0 Å². The monoisotopic (exact) mass is 468 g/mol. The molecule has 4 aliphatic rings. The van der Waals surface area contributed by atoms with Crippen molar-refractivity contribution in [2.24, 2.45) is 0 Å². The van der Waals surface area contributed by atoms with Crippen LogP contribution in [0.5, 0.6) is 17.2 Å². The van der Waals surface area contributed by atoms with Crippen LogP contribution in [-0.4, -0.2) is 29.1 Å². The van der Waals surface area contributed by atoms with E-state index in [1.54, 1.807) is 6.20 Å². The highest BCUT2D eigenvalue weighted by molar-refractivity contribution is 5.93. The Hall–Kier alpha value is -4.07. The zero-order valence-corrected chi connectivity index (χ0v) is 19.0. The molecule has 2 aliphatic heterocycles. The minimum absolute atomic E-state index is 0.0321. The number of rotatable bonds is 4. The predicted octanol–water partition coefficient (Wildman–Crippen LogP) is 4.30. The van der Waals surface area contributed by atoms with Crippen LogP contribution in [0.2, 0.25) is 0 Å². The molecule has 0 spiro atoms. The van der Waals surface area contributed by atoms with E-state index in [9.17, 15) is 9.59 Å². The first kappa shape index (κ1) is 20.3. The van der Waals surface area contributed by atoms with Gasteiger partial charge in [0, 0.05) is 29.4 Å². The third-order valence-corrected chi connectivity index (χ3v) is 7.31. The van der Waals surface area contributed by atoms with Crippen molar-refractivity contribution in [2.75, 3.05) is 10.6 Å². The summed E-state index contributed by atoms with van der Waals surface area (Å²) in [6.07, 6.45) is 5.95. The highest BCUT2D eigenvalue weighted by Gasteiger charge is 2.59. The van der Waals surface area contributed by atoms with E-state index >= 15 is 0 Å². The Kier molecular flexibility index (Phi) is 4.49. The van der Waals surface area contributed by atoms with Crippen LogP contribution in [0.4, 0.5) is 16.3 Å². The van der Waals surface area contributed by atoms with E-state index < -0.39 is 0 Å². The first-order valence-corrected chi connectivity index (χ1v) is 12.1. The van der Waals surface area contributed by atoms with Crippen LogP contribution in [0.1, 0.15) is 41.0 Å². The number of benzene rings is 2. The SMILES string of the molecule is O=C1CCc2c(Oc3ccc4c(c3)[C@H]3[C@@H](NC(=O)Nc5ccc6c(c5)CCC6)[C@H]3O4)ccnc2N1. The van der Waals surface area contributed by atoms with Gasteiger partial charge in [0.05, 0.1) is 12.0 Å². The average molecular weight is 469 g/mol. The smallest absolute Gasteiger partial charge is 0.319 e. The molecule has 3 aromatic rings. The number of urea groups is 1. The lowest BCUT2D eigenvalue weighted by Crippen LogP contribution is -2.34. The standard InChI is InChI=1S/C27H24N4O4/c32-22-9-7-18-21(10-11-28-26(18)30-22)34-17-6-8-20-19(13-17)23-24(25(23)35-20)31-27(33)29-16-5-4-14-2-1-3-15(14)12-16/h4-6,8,10-13,23-25H,1-3,7,9H2,(H,28,30,32)(H2,29,31,33)/t23-,24+,25-/m0/s1. The summed E-state index contributed by atoms with van der Waals surface area (Å²) in [5.41, 5.74) is 5.46. The molecule has 3 amide bonds. The van der Waals surface area contributed by atoms with Crippen molar-refractivity contribution < 1.29 is 19.1 Å². The molecule has 2 aromatic carbocycles. The molecule has 3 N–H and O–H groups in total. The van der Waals surface area contributed by atoms with E-state index in [0.717, 1.165) is 35.4 Å². The van der Waals surface area contributed by atoms with Gasteiger partial charge in [-0.1, -0.05) is 6.07 Å². The first-order chi connectivity index (χ1) is 17.1. The van der Waals surface area contributed by atoms with Crippen LogP contribution in [0.15, 0.2) is 48.7 Å². The van der Waals surface area contributed by atoms with Crippen molar-refractivity contribution in [3.8, 4) is 17.2 Å². The minimum atomic E-state index is -0.217. The number of pyridine rings is 1. The number of aryl methyl sites for hydroxylation is 2. The Balaban J connectivity index is 1.04. The molecule has 3 atom stereocenters. The van der Waals surface area contributed by atoms with Crippen molar-refractivity contribution in [3.05, 3.63) is 70.9 Å². The number of hydrogen-bond acceptors (Lipinski definition) is 5. The van der Waals surface area contributed by atoms with Gasteiger partial charge in [-0.25, -0.2) is 9.78 Å². The number of ether oxygens (including phenoxy) is 2. The van der Waals surface area contributed by atoms with Crippen molar-refractivity contribution in [2.45, 2.75) is 50.2 Å². The molecular weight excluding hydrogens is 444 g/mol. The highest BCUT2D eigenvalue weighted by Crippen LogP contribution is 2.54. The molecule has 35 heavy (non-hydrogen) atoms. The topological polar surface area (TPSA) is 102 Å². The Morgan fingerprint density at radius 2 is 1.97 bits per heavy atom. The molecule has 8 heteroatoms. The number of amides is 3. The van der Waals surface area contributed by atoms with Crippen LogP contribution < -0.4 is 25.4 Å². The van der Waals surface area contributed by atoms with Crippen LogP contribution in [0.25, 0.3) is 0 Å². The molecule has 0 bridgehead atoms. The predicted molar refractivity (Wildman–Crippen MR) is 129 cm³/mol. The van der Waals surface area contributed by atoms with Gasteiger partial charge in [0.1, 0.15) is 29.2 Å². The lowest BCUT2D eigenvalue weighted by atomic mass is 10.1. The number of carbonyl (C=O) groups excluding carboxylic acids is 2. The number of aromatic nitrogens is 1. The number of fused-ring (bicyclic) bond motifs is 5. The van der Waals surface area contributed by atoms with Gasteiger partial charge in [-0.15, -0.1) is 0 Å². The Bertz CT molecular complexity index is 1390. The fourth-order valence-electron chi connectivity index (χ4n) is 5.52. The van der Waals surface area contributed by atoms with Gasteiger partial charge >= 0.3 is 6.03 Å². The molecule has 1 aromatic heterocycles. The molecule has 3 heterocycles. The minimum Gasteiger partial charge on any atom is -0.487 e. The molecule has 1 fully saturated rings. The van der Waals surface area contributed by atoms with E-state index in [0.29, 0.717) is 30.2 Å². The molecule has 176 valence electrons. The number of carbonyl (C=O) groups is 2. The van der Waals surface area contributed by atoms with Crippen molar-refractivity contribution in [3.63, 3.8) is 0 Å². The van der Waals surface area contributed by atoms with Gasteiger partial charge in [-0.2, -0.15) is 0 Å². The summed E-state index contributed by atoms with van der Waals surface area (Å²) in [4.78, 5) is 28.6. The normalized spacial score (nSPS) is 22.6. The van der Waals surface area contributed by atoms with Crippen molar-refractivity contribution in [1.29, 1.82) is 0 Å². The Morgan fingerprint density at radius 1 is 1.06 bits per heavy atom. The summed E-state index contributed by atoms with van der Waals surface area (Å²) in [5.74, 6) is 2.83. The van der Waals surface area contributed by atoms with E-state index in [2.05, 4.69) is 33.1 Å². The second-order valence-corrected chi connectivity index (χ2v) is 9.56. The van der Waals surface area contributed by atoms with E-state index in [1.807, 2.05) is 30.3 Å². The fourth-order valence-corrected chi connectivity index (χ4v) is 5.52. The lowest BCUT2D eigenvalue weighted by Gasteiger charge is -2.19. The molecular formula is C27H24N4O4. The van der Waals surface area contributed by atoms with Gasteiger partial charge in [-0.05, 0) is 73.2 Å². The molecule has 0 radical (unpaired) electrons. The van der Waals surface area contributed by atoms with Gasteiger partial charge in [0.25, 0.3) is 0 Å². The third kappa shape index (κ3) is 3.56. The van der Waals surface area contributed by atoms with Gasteiger partial charge in [-0.3, -0.25) is 4.79 Å². The number of hydrogen-bond donors (Lipinski definition) is 3. The lowest BCUT2D eigenvalue weighted by molar-refractivity contribution is -0.116. The highest BCUT2D eigenvalue weighted by atomic mass is 16.5. The van der Waals surface area contributed by atoms with E-state index in [1.165, 1.54) is 17.5 Å².